The lowest BCUT2D eigenvalue weighted by Crippen LogP contribution is -2.28. The zero-order chi connectivity index (χ0) is 20.5. The van der Waals surface area contributed by atoms with Crippen molar-refractivity contribution < 1.29 is 4.79 Å². The Bertz CT molecular complexity index is 1290. The fourth-order valence-electron chi connectivity index (χ4n) is 3.39. The van der Waals surface area contributed by atoms with Crippen molar-refractivity contribution in [3.8, 4) is 0 Å². The molecule has 0 N–H and O–H groups in total. The van der Waals surface area contributed by atoms with Crippen molar-refractivity contribution in [2.45, 2.75) is 0 Å². The van der Waals surface area contributed by atoms with Crippen molar-refractivity contribution in [1.29, 1.82) is 0 Å². The first-order valence-corrected chi connectivity index (χ1v) is 10.4. The second-order valence-electron chi connectivity index (χ2n) is 6.90. The van der Waals surface area contributed by atoms with Gasteiger partial charge in [0.1, 0.15) is 0 Å². The van der Waals surface area contributed by atoms with Gasteiger partial charge < -0.3 is 0 Å². The summed E-state index contributed by atoms with van der Waals surface area (Å²) in [5.41, 5.74) is 3.63. The van der Waals surface area contributed by atoms with E-state index in [2.05, 4.69) is 5.10 Å². The number of aliphatic imine (C=N–C) groups is 1. The number of amidine groups is 1. The molecule has 0 radical (unpaired) electrons. The molecule has 0 bridgehead atoms. The molecular formula is C24H18N4OS. The summed E-state index contributed by atoms with van der Waals surface area (Å²) in [5, 5.41) is 5.98. The molecule has 5 nitrogen and oxygen atoms in total. The molecule has 1 aromatic heterocycles. The van der Waals surface area contributed by atoms with Gasteiger partial charge in [0, 0.05) is 12.4 Å². The van der Waals surface area contributed by atoms with E-state index in [-0.39, 0.29) is 5.91 Å². The van der Waals surface area contributed by atoms with Crippen molar-refractivity contribution in [3.05, 3.63) is 95.5 Å². The van der Waals surface area contributed by atoms with Gasteiger partial charge in [-0.05, 0) is 59.8 Å². The normalized spacial score (nSPS) is 16.8. The van der Waals surface area contributed by atoms with Crippen LogP contribution in [0, 0.1) is 0 Å². The minimum absolute atomic E-state index is 0.0767. The number of benzene rings is 3. The van der Waals surface area contributed by atoms with Crippen molar-refractivity contribution in [2.75, 3.05) is 4.90 Å². The molecule has 1 aliphatic rings. The molecule has 1 aliphatic heterocycles. The first kappa shape index (κ1) is 18.4. The van der Waals surface area contributed by atoms with E-state index in [1.54, 1.807) is 4.90 Å². The maximum Gasteiger partial charge on any atom is 0.271 e. The Morgan fingerprint density at radius 3 is 2.47 bits per heavy atom. The van der Waals surface area contributed by atoms with Crippen LogP contribution in [0.1, 0.15) is 5.56 Å². The molecule has 1 fully saturated rings. The molecule has 0 atom stereocenters. The van der Waals surface area contributed by atoms with E-state index in [1.165, 1.54) is 11.8 Å². The number of para-hydroxylation sites is 2. The van der Waals surface area contributed by atoms with Crippen LogP contribution in [-0.2, 0) is 11.8 Å². The van der Waals surface area contributed by atoms with Crippen LogP contribution in [0.25, 0.3) is 17.0 Å². The van der Waals surface area contributed by atoms with Gasteiger partial charge in [-0.1, -0.05) is 42.5 Å². The molecule has 30 heavy (non-hydrogen) atoms. The number of hydrogen-bond donors (Lipinski definition) is 0. The number of thioether (sulfide) groups is 1. The van der Waals surface area contributed by atoms with E-state index in [0.717, 1.165) is 27.8 Å². The average molecular weight is 411 g/mol. The first-order chi connectivity index (χ1) is 14.7. The molecule has 4 aromatic rings. The predicted molar refractivity (Wildman–Crippen MR) is 124 cm³/mol. The highest BCUT2D eigenvalue weighted by atomic mass is 32.2. The van der Waals surface area contributed by atoms with Gasteiger partial charge in [-0.2, -0.15) is 5.10 Å². The molecular weight excluding hydrogens is 392 g/mol. The molecule has 6 heteroatoms. The Hall–Kier alpha value is -3.64. The fraction of sp³-hybridized carbons (Fsp3) is 0.0417. The number of aromatic nitrogens is 2. The molecule has 0 unspecified atom stereocenters. The number of rotatable bonds is 3. The zero-order valence-corrected chi connectivity index (χ0v) is 17.1. The SMILES string of the molecule is Cn1ncc2cc(/C=C3\S/C(=N\c4ccccc4)N(c4ccccc4)C3=O)ccc21. The van der Waals surface area contributed by atoms with Crippen molar-refractivity contribution in [2.24, 2.45) is 12.0 Å². The van der Waals surface area contributed by atoms with E-state index in [4.69, 9.17) is 4.99 Å². The maximum absolute atomic E-state index is 13.3. The molecule has 0 spiro atoms. The van der Waals surface area contributed by atoms with E-state index >= 15 is 0 Å². The lowest BCUT2D eigenvalue weighted by molar-refractivity contribution is -0.113. The summed E-state index contributed by atoms with van der Waals surface area (Å²) in [4.78, 5) is 20.4. The van der Waals surface area contributed by atoms with Crippen LogP contribution >= 0.6 is 11.8 Å². The maximum atomic E-state index is 13.3. The average Bonchev–Trinajstić information content (AvgIpc) is 3.29. The number of aryl methyl sites for hydroxylation is 1. The fourth-order valence-corrected chi connectivity index (χ4v) is 4.39. The zero-order valence-electron chi connectivity index (χ0n) is 16.3. The predicted octanol–water partition coefficient (Wildman–Crippen LogP) is 5.38. The summed E-state index contributed by atoms with van der Waals surface area (Å²) in [6, 6.07) is 25.4. The van der Waals surface area contributed by atoms with Crippen LogP contribution in [0.3, 0.4) is 0 Å². The van der Waals surface area contributed by atoms with Gasteiger partial charge in [0.15, 0.2) is 5.17 Å². The van der Waals surface area contributed by atoms with Gasteiger partial charge in [0.2, 0.25) is 0 Å². The van der Waals surface area contributed by atoms with Gasteiger partial charge in [0.05, 0.1) is 28.0 Å². The van der Waals surface area contributed by atoms with Crippen LogP contribution in [0.15, 0.2) is 95.0 Å². The molecule has 1 amide bonds. The third-order valence-electron chi connectivity index (χ3n) is 4.87. The number of carbonyl (C=O) groups excluding carboxylic acids is 1. The monoisotopic (exact) mass is 410 g/mol. The molecule has 0 aliphatic carbocycles. The Balaban J connectivity index is 1.57. The molecule has 2 heterocycles. The van der Waals surface area contributed by atoms with Crippen LogP contribution in [0.5, 0.6) is 0 Å². The molecule has 0 saturated carbocycles. The summed E-state index contributed by atoms with van der Waals surface area (Å²) in [5.74, 6) is -0.0767. The lowest BCUT2D eigenvalue weighted by atomic mass is 10.1. The number of nitrogens with zero attached hydrogens (tertiary/aromatic N) is 4. The number of fused-ring (bicyclic) bond motifs is 1. The van der Waals surface area contributed by atoms with Crippen LogP contribution in [0.4, 0.5) is 11.4 Å². The van der Waals surface area contributed by atoms with Gasteiger partial charge in [-0.15, -0.1) is 0 Å². The van der Waals surface area contributed by atoms with Crippen LogP contribution in [-0.4, -0.2) is 20.9 Å². The minimum Gasteiger partial charge on any atom is -0.268 e. The number of anilines is 1. The quantitative estimate of drug-likeness (QED) is 0.426. The smallest absolute Gasteiger partial charge is 0.268 e. The summed E-state index contributed by atoms with van der Waals surface area (Å²) in [6.07, 6.45) is 3.75. The highest BCUT2D eigenvalue weighted by molar-refractivity contribution is 8.19. The highest BCUT2D eigenvalue weighted by Crippen LogP contribution is 2.37. The van der Waals surface area contributed by atoms with Gasteiger partial charge >= 0.3 is 0 Å². The summed E-state index contributed by atoms with van der Waals surface area (Å²) in [6.45, 7) is 0. The summed E-state index contributed by atoms with van der Waals surface area (Å²) in [7, 11) is 1.92. The number of hydrogen-bond acceptors (Lipinski definition) is 4. The van der Waals surface area contributed by atoms with Crippen molar-refractivity contribution >= 4 is 51.2 Å². The van der Waals surface area contributed by atoms with E-state index in [9.17, 15) is 4.79 Å². The minimum atomic E-state index is -0.0767. The number of carbonyl (C=O) groups is 1. The highest BCUT2D eigenvalue weighted by Gasteiger charge is 2.34. The third-order valence-corrected chi connectivity index (χ3v) is 5.84. The first-order valence-electron chi connectivity index (χ1n) is 9.53. The molecule has 1 saturated heterocycles. The number of amides is 1. The molecule has 146 valence electrons. The second kappa shape index (κ2) is 7.65. The van der Waals surface area contributed by atoms with E-state index < -0.39 is 0 Å². The Morgan fingerprint density at radius 2 is 1.70 bits per heavy atom. The van der Waals surface area contributed by atoms with Crippen molar-refractivity contribution in [3.63, 3.8) is 0 Å². The van der Waals surface area contributed by atoms with E-state index in [0.29, 0.717) is 10.1 Å². The molecule has 3 aromatic carbocycles. The van der Waals surface area contributed by atoms with E-state index in [1.807, 2.05) is 103 Å². The Labute approximate surface area is 178 Å². The standard InChI is InChI=1S/C24H18N4OS/c1-27-21-13-12-17(14-18(21)16-25-27)15-22-23(29)28(20-10-6-3-7-11-20)24(30-22)26-19-8-4-2-5-9-19/h2-16H,1H3/b22-15-,26-24-. The largest absolute Gasteiger partial charge is 0.271 e. The summed E-state index contributed by atoms with van der Waals surface area (Å²) >= 11 is 1.39. The molecule has 5 rings (SSSR count). The van der Waals surface area contributed by atoms with Crippen LogP contribution in [0.2, 0.25) is 0 Å². The summed E-state index contributed by atoms with van der Waals surface area (Å²) < 4.78 is 1.84. The van der Waals surface area contributed by atoms with Gasteiger partial charge in [-0.25, -0.2) is 4.99 Å². The topological polar surface area (TPSA) is 50.5 Å². The second-order valence-corrected chi connectivity index (χ2v) is 7.91. The van der Waals surface area contributed by atoms with Crippen LogP contribution < -0.4 is 4.90 Å². The lowest BCUT2D eigenvalue weighted by Gasteiger charge is -2.15. The Morgan fingerprint density at radius 1 is 0.967 bits per heavy atom. The third kappa shape index (κ3) is 3.42. The Kier molecular flexibility index (Phi) is 4.69. The van der Waals surface area contributed by atoms with Gasteiger partial charge in [0.25, 0.3) is 5.91 Å². The van der Waals surface area contributed by atoms with Crippen molar-refractivity contribution in [1.82, 2.24) is 9.78 Å². The van der Waals surface area contributed by atoms with Gasteiger partial charge in [-0.3, -0.25) is 14.4 Å².